The highest BCUT2D eigenvalue weighted by atomic mass is 19.4. The average Bonchev–Trinajstić information content (AvgIpc) is 2.95. The predicted molar refractivity (Wildman–Crippen MR) is 96.8 cm³/mol. The molecule has 29 heavy (non-hydrogen) atoms. The minimum Gasteiger partial charge on any atom is -0.466 e. The number of carbonyl (C=O) groups is 2. The van der Waals surface area contributed by atoms with Crippen LogP contribution < -0.4 is 11.0 Å². The second-order valence-electron chi connectivity index (χ2n) is 6.12. The molecule has 1 aromatic carbocycles. The normalized spacial score (nSPS) is 11.3. The Bertz CT molecular complexity index is 934. The highest BCUT2D eigenvalue weighted by Crippen LogP contribution is 2.31. The second-order valence-corrected chi connectivity index (χ2v) is 6.12. The van der Waals surface area contributed by atoms with Crippen molar-refractivity contribution in [3.63, 3.8) is 0 Å². The molecule has 2 aromatic rings. The lowest BCUT2D eigenvalue weighted by molar-refractivity contribution is -0.144. The summed E-state index contributed by atoms with van der Waals surface area (Å²) < 4.78 is 45.6. The third-order valence-corrected chi connectivity index (χ3v) is 4.00. The van der Waals surface area contributed by atoms with E-state index in [4.69, 9.17) is 4.74 Å². The van der Waals surface area contributed by atoms with Crippen molar-refractivity contribution in [2.24, 2.45) is 7.05 Å². The summed E-state index contributed by atoms with van der Waals surface area (Å²) in [4.78, 5) is 35.2. The van der Waals surface area contributed by atoms with Crippen LogP contribution in [-0.4, -0.2) is 39.4 Å². The summed E-state index contributed by atoms with van der Waals surface area (Å²) in [7, 11) is 1.40. The number of esters is 1. The monoisotopic (exact) mass is 414 g/mol. The molecule has 0 radical (unpaired) electrons. The zero-order valence-corrected chi connectivity index (χ0v) is 16.0. The fourth-order valence-corrected chi connectivity index (χ4v) is 2.56. The van der Waals surface area contributed by atoms with Crippen molar-refractivity contribution in [1.29, 1.82) is 0 Å². The quantitative estimate of drug-likeness (QED) is 0.664. The van der Waals surface area contributed by atoms with Gasteiger partial charge in [0.1, 0.15) is 0 Å². The van der Waals surface area contributed by atoms with Crippen molar-refractivity contribution >= 4 is 11.9 Å². The predicted octanol–water partition coefficient (Wildman–Crippen LogP) is 1.73. The molecule has 1 amide bonds. The zero-order chi connectivity index (χ0) is 21.6. The Morgan fingerprint density at radius 3 is 2.62 bits per heavy atom. The van der Waals surface area contributed by atoms with E-state index in [1.165, 1.54) is 19.2 Å². The van der Waals surface area contributed by atoms with Crippen molar-refractivity contribution in [3.8, 4) is 11.4 Å². The molecular weight excluding hydrogens is 393 g/mol. The van der Waals surface area contributed by atoms with Gasteiger partial charge in [-0.15, -0.1) is 5.10 Å². The van der Waals surface area contributed by atoms with E-state index in [9.17, 15) is 27.6 Å². The number of hydrogen-bond acceptors (Lipinski definition) is 5. The van der Waals surface area contributed by atoms with E-state index in [1.54, 1.807) is 6.92 Å². The summed E-state index contributed by atoms with van der Waals surface area (Å²) in [5, 5.41) is 6.62. The number of aromatic nitrogens is 3. The van der Waals surface area contributed by atoms with E-state index in [-0.39, 0.29) is 49.8 Å². The standard InChI is InChI=1S/C18H21F3N4O4/c1-3-29-15(27)8-7-14(26)22-9-10-25-17(28)24(2)16(23-25)12-5-4-6-13(11-12)18(19,20)21/h4-6,11H,3,7-10H2,1-2H3,(H,22,26). The van der Waals surface area contributed by atoms with Gasteiger partial charge in [0, 0.05) is 25.6 Å². The Morgan fingerprint density at radius 1 is 1.24 bits per heavy atom. The summed E-state index contributed by atoms with van der Waals surface area (Å²) in [6.07, 6.45) is -4.61. The van der Waals surface area contributed by atoms with E-state index < -0.39 is 23.4 Å². The molecule has 0 spiro atoms. The summed E-state index contributed by atoms with van der Waals surface area (Å²) in [5.41, 5.74) is -1.22. The molecule has 8 nitrogen and oxygen atoms in total. The summed E-state index contributed by atoms with van der Waals surface area (Å²) in [5.74, 6) is -0.788. The van der Waals surface area contributed by atoms with E-state index in [1.807, 2.05) is 0 Å². The minimum atomic E-state index is -4.51. The van der Waals surface area contributed by atoms with Gasteiger partial charge in [-0.2, -0.15) is 13.2 Å². The first kappa shape index (κ1) is 22.2. The minimum absolute atomic E-state index is 0.0246. The number of carbonyl (C=O) groups excluding carboxylic acids is 2. The van der Waals surface area contributed by atoms with Crippen molar-refractivity contribution in [2.75, 3.05) is 13.2 Å². The maximum absolute atomic E-state index is 12.9. The number of nitrogens with one attached hydrogen (secondary N) is 1. The number of benzene rings is 1. The molecule has 0 fully saturated rings. The molecule has 0 aliphatic carbocycles. The molecule has 0 bridgehead atoms. The zero-order valence-electron chi connectivity index (χ0n) is 16.0. The van der Waals surface area contributed by atoms with Crippen molar-refractivity contribution < 1.29 is 27.5 Å². The lowest BCUT2D eigenvalue weighted by Gasteiger charge is -2.08. The van der Waals surface area contributed by atoms with Crippen LogP contribution >= 0.6 is 0 Å². The van der Waals surface area contributed by atoms with Gasteiger partial charge in [-0.05, 0) is 19.1 Å². The number of halogens is 3. The molecule has 1 aromatic heterocycles. The number of alkyl halides is 3. The lowest BCUT2D eigenvalue weighted by Crippen LogP contribution is -2.32. The highest BCUT2D eigenvalue weighted by Gasteiger charge is 2.30. The molecule has 158 valence electrons. The van der Waals surface area contributed by atoms with Gasteiger partial charge in [0.05, 0.1) is 25.1 Å². The second kappa shape index (κ2) is 9.39. The van der Waals surface area contributed by atoms with E-state index in [0.29, 0.717) is 0 Å². The maximum atomic E-state index is 12.9. The molecule has 0 aliphatic heterocycles. The first-order valence-electron chi connectivity index (χ1n) is 8.87. The van der Waals surface area contributed by atoms with Gasteiger partial charge >= 0.3 is 17.8 Å². The molecule has 1 N–H and O–H groups in total. The number of nitrogens with zero attached hydrogens (tertiary/aromatic N) is 3. The number of hydrogen-bond donors (Lipinski definition) is 1. The average molecular weight is 414 g/mol. The van der Waals surface area contributed by atoms with Crippen molar-refractivity contribution in [1.82, 2.24) is 19.7 Å². The van der Waals surface area contributed by atoms with Crippen LogP contribution in [0.3, 0.4) is 0 Å². The summed E-state index contributed by atoms with van der Waals surface area (Å²) in [6, 6.07) is 4.53. The molecule has 0 saturated carbocycles. The fourth-order valence-electron chi connectivity index (χ4n) is 2.56. The Morgan fingerprint density at radius 2 is 1.97 bits per heavy atom. The van der Waals surface area contributed by atoms with Gasteiger partial charge in [0.2, 0.25) is 5.91 Å². The fraction of sp³-hybridized carbons (Fsp3) is 0.444. The Balaban J connectivity index is 2.02. The van der Waals surface area contributed by atoms with Gasteiger partial charge in [0.15, 0.2) is 5.82 Å². The van der Waals surface area contributed by atoms with Gasteiger partial charge in [-0.1, -0.05) is 12.1 Å². The Kier molecular flexibility index (Phi) is 7.18. The molecule has 2 rings (SSSR count). The SMILES string of the molecule is CCOC(=O)CCC(=O)NCCn1nc(-c2cccc(C(F)(F)F)c2)n(C)c1=O. The molecule has 11 heteroatoms. The first-order chi connectivity index (χ1) is 13.6. The van der Waals surface area contributed by atoms with Crippen molar-refractivity contribution in [2.45, 2.75) is 32.5 Å². The smallest absolute Gasteiger partial charge is 0.416 e. The molecular formula is C18H21F3N4O4. The Hall–Kier alpha value is -3.11. The molecule has 1 heterocycles. The Labute approximate surface area is 164 Å². The van der Waals surface area contributed by atoms with Gasteiger partial charge < -0.3 is 10.1 Å². The van der Waals surface area contributed by atoms with Crippen LogP contribution in [0.15, 0.2) is 29.1 Å². The number of ether oxygens (including phenoxy) is 1. The summed E-state index contributed by atoms with van der Waals surface area (Å²) >= 11 is 0. The van der Waals surface area contributed by atoms with E-state index in [2.05, 4.69) is 10.4 Å². The molecule has 0 saturated heterocycles. The van der Waals surface area contributed by atoms with Crippen LogP contribution in [0, 0.1) is 0 Å². The third-order valence-electron chi connectivity index (χ3n) is 4.00. The van der Waals surface area contributed by atoms with Crippen LogP contribution in [0.1, 0.15) is 25.3 Å². The van der Waals surface area contributed by atoms with Crippen molar-refractivity contribution in [3.05, 3.63) is 40.3 Å². The first-order valence-corrected chi connectivity index (χ1v) is 8.87. The molecule has 0 atom stereocenters. The number of rotatable bonds is 8. The molecule has 0 unspecified atom stereocenters. The number of amides is 1. The van der Waals surface area contributed by atoms with Gasteiger partial charge in [-0.3, -0.25) is 14.2 Å². The van der Waals surface area contributed by atoms with Gasteiger partial charge in [0.25, 0.3) is 0 Å². The third kappa shape index (κ3) is 5.93. The van der Waals surface area contributed by atoms with Crippen LogP contribution in [0.5, 0.6) is 0 Å². The topological polar surface area (TPSA) is 95.2 Å². The van der Waals surface area contributed by atoms with Crippen LogP contribution in [0.2, 0.25) is 0 Å². The van der Waals surface area contributed by atoms with Gasteiger partial charge in [-0.25, -0.2) is 9.48 Å². The summed E-state index contributed by atoms with van der Waals surface area (Å²) in [6.45, 7) is 1.99. The van der Waals surface area contributed by atoms with E-state index in [0.717, 1.165) is 21.4 Å². The highest BCUT2D eigenvalue weighted by molar-refractivity contribution is 5.81. The van der Waals surface area contributed by atoms with Crippen LogP contribution in [0.4, 0.5) is 13.2 Å². The van der Waals surface area contributed by atoms with E-state index >= 15 is 0 Å². The van der Waals surface area contributed by atoms with Crippen LogP contribution in [0.25, 0.3) is 11.4 Å². The largest absolute Gasteiger partial charge is 0.466 e. The van der Waals surface area contributed by atoms with Crippen LogP contribution in [-0.2, 0) is 34.1 Å². The maximum Gasteiger partial charge on any atom is 0.416 e. The molecule has 0 aliphatic rings. The lowest BCUT2D eigenvalue weighted by atomic mass is 10.1.